The Balaban J connectivity index is 1.89. The van der Waals surface area contributed by atoms with Crippen molar-refractivity contribution in [2.45, 2.75) is 26.3 Å². The third-order valence-corrected chi connectivity index (χ3v) is 3.11. The minimum absolute atomic E-state index is 0.0321. The molecule has 0 aliphatic carbocycles. The zero-order chi connectivity index (χ0) is 12.8. The first kappa shape index (κ1) is 12.8. The van der Waals surface area contributed by atoms with Crippen LogP contribution in [0.25, 0.3) is 6.08 Å². The smallest absolute Gasteiger partial charge is 0.216 e. The van der Waals surface area contributed by atoms with Crippen LogP contribution in [0.2, 0.25) is 0 Å². The fourth-order valence-corrected chi connectivity index (χ4v) is 2.15. The van der Waals surface area contributed by atoms with Crippen molar-refractivity contribution in [3.8, 4) is 0 Å². The van der Waals surface area contributed by atoms with Crippen molar-refractivity contribution in [1.82, 2.24) is 10.6 Å². The fourth-order valence-electron chi connectivity index (χ4n) is 2.15. The highest BCUT2D eigenvalue weighted by molar-refractivity contribution is 5.72. The molecule has 2 rings (SSSR count). The van der Waals surface area contributed by atoms with Crippen molar-refractivity contribution in [2.24, 2.45) is 0 Å². The highest BCUT2D eigenvalue weighted by Gasteiger charge is 2.07. The highest BCUT2D eigenvalue weighted by atomic mass is 16.1. The Labute approximate surface area is 108 Å². The summed E-state index contributed by atoms with van der Waals surface area (Å²) >= 11 is 0. The molecule has 0 unspecified atom stereocenters. The zero-order valence-corrected chi connectivity index (χ0v) is 10.8. The highest BCUT2D eigenvalue weighted by Crippen LogP contribution is 2.16. The van der Waals surface area contributed by atoms with Crippen LogP contribution in [0, 0.1) is 0 Å². The van der Waals surface area contributed by atoms with Gasteiger partial charge in [-0.05, 0) is 36.1 Å². The number of nitrogens with one attached hydrogen (secondary N) is 2. The number of carbonyl (C=O) groups excluding carboxylic acids is 1. The van der Waals surface area contributed by atoms with E-state index in [1.54, 1.807) is 6.92 Å². The molecule has 0 spiro atoms. The molecule has 96 valence electrons. The van der Waals surface area contributed by atoms with E-state index in [2.05, 4.69) is 41.0 Å². The van der Waals surface area contributed by atoms with Gasteiger partial charge in [-0.3, -0.25) is 4.79 Å². The maximum Gasteiger partial charge on any atom is 0.216 e. The molecule has 2 N–H and O–H groups in total. The van der Waals surface area contributed by atoms with E-state index in [1.165, 1.54) is 16.7 Å². The molecular weight excluding hydrogens is 224 g/mol. The maximum atomic E-state index is 10.7. The summed E-state index contributed by atoms with van der Waals surface area (Å²) in [5, 5.41) is 6.16. The van der Waals surface area contributed by atoms with Gasteiger partial charge in [-0.1, -0.05) is 30.4 Å². The molecule has 1 aromatic rings. The molecule has 1 aliphatic rings. The summed E-state index contributed by atoms with van der Waals surface area (Å²) in [6.45, 7) is 4.31. The molecule has 0 radical (unpaired) electrons. The molecule has 3 heteroatoms. The van der Waals surface area contributed by atoms with Crippen LogP contribution in [0.3, 0.4) is 0 Å². The second kappa shape index (κ2) is 6.36. The van der Waals surface area contributed by atoms with Crippen molar-refractivity contribution in [3.63, 3.8) is 0 Å². The minimum atomic E-state index is 0.0321. The Hall–Kier alpha value is -1.61. The van der Waals surface area contributed by atoms with Gasteiger partial charge in [-0.2, -0.15) is 0 Å². The van der Waals surface area contributed by atoms with Crippen LogP contribution in [-0.4, -0.2) is 19.0 Å². The summed E-state index contributed by atoms with van der Waals surface area (Å²) in [4.78, 5) is 10.7. The van der Waals surface area contributed by atoms with Crippen molar-refractivity contribution < 1.29 is 4.79 Å². The van der Waals surface area contributed by atoms with Gasteiger partial charge in [0.1, 0.15) is 0 Å². The standard InChI is InChI=1S/C15H20N2O/c1-12(18)17-8-3-2-4-13-5-6-15-11-16-9-7-14(15)10-13/h2,4-6,10,16H,3,7-9,11H2,1H3,(H,17,18). The molecule has 0 saturated carbocycles. The van der Waals surface area contributed by atoms with E-state index in [0.29, 0.717) is 6.54 Å². The van der Waals surface area contributed by atoms with E-state index < -0.39 is 0 Å². The molecule has 1 amide bonds. The number of rotatable bonds is 4. The summed E-state index contributed by atoms with van der Waals surface area (Å²) in [6, 6.07) is 6.63. The Morgan fingerprint density at radius 1 is 1.44 bits per heavy atom. The third kappa shape index (κ3) is 3.70. The zero-order valence-electron chi connectivity index (χ0n) is 10.8. The Morgan fingerprint density at radius 2 is 2.33 bits per heavy atom. The lowest BCUT2D eigenvalue weighted by Gasteiger charge is -2.17. The van der Waals surface area contributed by atoms with Gasteiger partial charge in [0.15, 0.2) is 0 Å². The van der Waals surface area contributed by atoms with Gasteiger partial charge in [-0.15, -0.1) is 0 Å². The summed E-state index contributed by atoms with van der Waals surface area (Å²) in [6.07, 6.45) is 6.23. The predicted octanol–water partition coefficient (Wildman–Crippen LogP) is 1.87. The number of carbonyl (C=O) groups is 1. The average Bonchev–Trinajstić information content (AvgIpc) is 2.38. The number of fused-ring (bicyclic) bond motifs is 1. The van der Waals surface area contributed by atoms with Crippen molar-refractivity contribution in [1.29, 1.82) is 0 Å². The summed E-state index contributed by atoms with van der Waals surface area (Å²) < 4.78 is 0. The molecule has 0 atom stereocenters. The van der Waals surface area contributed by atoms with Gasteiger partial charge in [-0.25, -0.2) is 0 Å². The van der Waals surface area contributed by atoms with Gasteiger partial charge < -0.3 is 10.6 Å². The van der Waals surface area contributed by atoms with E-state index in [-0.39, 0.29) is 5.91 Å². The monoisotopic (exact) mass is 244 g/mol. The molecule has 18 heavy (non-hydrogen) atoms. The minimum Gasteiger partial charge on any atom is -0.356 e. The summed E-state index contributed by atoms with van der Waals surface area (Å²) in [7, 11) is 0. The average molecular weight is 244 g/mol. The lowest BCUT2D eigenvalue weighted by molar-refractivity contribution is -0.118. The first-order chi connectivity index (χ1) is 8.75. The number of benzene rings is 1. The second-order valence-corrected chi connectivity index (χ2v) is 4.63. The molecule has 3 nitrogen and oxygen atoms in total. The lowest BCUT2D eigenvalue weighted by atomic mass is 9.98. The van der Waals surface area contributed by atoms with Gasteiger partial charge in [0.25, 0.3) is 0 Å². The Kier molecular flexibility index (Phi) is 4.53. The lowest BCUT2D eigenvalue weighted by Crippen LogP contribution is -2.23. The van der Waals surface area contributed by atoms with Crippen LogP contribution in [0.1, 0.15) is 30.0 Å². The molecule has 1 heterocycles. The van der Waals surface area contributed by atoms with Crippen LogP contribution in [0.5, 0.6) is 0 Å². The van der Waals surface area contributed by atoms with E-state index in [0.717, 1.165) is 25.9 Å². The molecule has 1 aromatic carbocycles. The number of amides is 1. The summed E-state index contributed by atoms with van der Waals surface area (Å²) in [5.74, 6) is 0.0321. The first-order valence-corrected chi connectivity index (χ1v) is 6.49. The van der Waals surface area contributed by atoms with Crippen LogP contribution in [-0.2, 0) is 17.8 Å². The van der Waals surface area contributed by atoms with Crippen LogP contribution >= 0.6 is 0 Å². The normalized spacial score (nSPS) is 14.5. The number of hydrogen-bond acceptors (Lipinski definition) is 2. The molecule has 0 saturated heterocycles. The van der Waals surface area contributed by atoms with Crippen molar-refractivity contribution >= 4 is 12.0 Å². The van der Waals surface area contributed by atoms with E-state index in [1.807, 2.05) is 0 Å². The van der Waals surface area contributed by atoms with Gasteiger partial charge >= 0.3 is 0 Å². The Bertz CT molecular complexity index is 452. The van der Waals surface area contributed by atoms with Crippen LogP contribution < -0.4 is 10.6 Å². The molecule has 0 aromatic heterocycles. The Morgan fingerprint density at radius 3 is 3.17 bits per heavy atom. The summed E-state index contributed by atoms with van der Waals surface area (Å²) in [5.41, 5.74) is 4.12. The van der Waals surface area contributed by atoms with Crippen LogP contribution in [0.15, 0.2) is 24.3 Å². The van der Waals surface area contributed by atoms with Gasteiger partial charge in [0, 0.05) is 20.0 Å². The van der Waals surface area contributed by atoms with Gasteiger partial charge in [0.2, 0.25) is 5.91 Å². The largest absolute Gasteiger partial charge is 0.356 e. The fraction of sp³-hybridized carbons (Fsp3) is 0.400. The molecule has 1 aliphatic heterocycles. The van der Waals surface area contributed by atoms with Crippen molar-refractivity contribution in [2.75, 3.05) is 13.1 Å². The van der Waals surface area contributed by atoms with E-state index >= 15 is 0 Å². The number of hydrogen-bond donors (Lipinski definition) is 2. The van der Waals surface area contributed by atoms with E-state index in [4.69, 9.17) is 0 Å². The maximum absolute atomic E-state index is 10.7. The molecule has 0 bridgehead atoms. The van der Waals surface area contributed by atoms with Crippen molar-refractivity contribution in [3.05, 3.63) is 41.0 Å². The van der Waals surface area contributed by atoms with Crippen LogP contribution in [0.4, 0.5) is 0 Å². The SMILES string of the molecule is CC(=O)NCCC=Cc1ccc2c(c1)CCNC2. The first-order valence-electron chi connectivity index (χ1n) is 6.49. The second-order valence-electron chi connectivity index (χ2n) is 4.63. The molecular formula is C15H20N2O. The predicted molar refractivity (Wildman–Crippen MR) is 74.2 cm³/mol. The van der Waals surface area contributed by atoms with Gasteiger partial charge in [0.05, 0.1) is 0 Å². The quantitative estimate of drug-likeness (QED) is 0.794. The van der Waals surface area contributed by atoms with E-state index in [9.17, 15) is 4.79 Å². The third-order valence-electron chi connectivity index (χ3n) is 3.11. The topological polar surface area (TPSA) is 41.1 Å². The molecule has 0 fully saturated rings.